The summed E-state index contributed by atoms with van der Waals surface area (Å²) in [6.07, 6.45) is -0.217. The van der Waals surface area contributed by atoms with Gasteiger partial charge in [0.2, 0.25) is 0 Å². The molecule has 1 aliphatic heterocycles. The lowest BCUT2D eigenvalue weighted by molar-refractivity contribution is 0.146. The molecule has 2 rings (SSSR count). The summed E-state index contributed by atoms with van der Waals surface area (Å²) < 4.78 is 1.75. The van der Waals surface area contributed by atoms with Crippen LogP contribution < -0.4 is 10.6 Å². The van der Waals surface area contributed by atoms with Gasteiger partial charge in [0.25, 0.3) is 0 Å². The molecule has 0 spiro atoms. The number of thiophene rings is 1. The first-order chi connectivity index (χ1) is 7.66. The Kier molecular flexibility index (Phi) is 4.64. The van der Waals surface area contributed by atoms with Crippen molar-refractivity contribution >= 4 is 38.9 Å². The molecule has 3 nitrogen and oxygen atoms in total. The Morgan fingerprint density at radius 1 is 1.62 bits per heavy atom. The smallest absolute Gasteiger partial charge is 0.107 e. The van der Waals surface area contributed by atoms with Crippen LogP contribution in [0.3, 0.4) is 0 Å². The molecule has 2 unspecified atom stereocenters. The Balaban J connectivity index is 1.75. The van der Waals surface area contributed by atoms with Crippen LogP contribution in [-0.4, -0.2) is 30.8 Å². The summed E-state index contributed by atoms with van der Waals surface area (Å²) in [5.41, 5.74) is 0. The summed E-state index contributed by atoms with van der Waals surface area (Å²) in [5.74, 6) is 0.318. The van der Waals surface area contributed by atoms with Crippen molar-refractivity contribution < 1.29 is 5.11 Å². The summed E-state index contributed by atoms with van der Waals surface area (Å²) in [5, 5.41) is 16.1. The van der Waals surface area contributed by atoms with Gasteiger partial charge in [0, 0.05) is 41.4 Å². The fourth-order valence-corrected chi connectivity index (χ4v) is 3.55. The van der Waals surface area contributed by atoms with Crippen LogP contribution in [0.25, 0.3) is 0 Å². The van der Waals surface area contributed by atoms with E-state index in [1.807, 2.05) is 6.07 Å². The second kappa shape index (κ2) is 5.80. The van der Waals surface area contributed by atoms with Gasteiger partial charge >= 0.3 is 0 Å². The lowest BCUT2D eigenvalue weighted by Gasteiger charge is -2.13. The van der Waals surface area contributed by atoms with Crippen LogP contribution in [0.1, 0.15) is 4.88 Å². The van der Waals surface area contributed by atoms with Crippen LogP contribution >= 0.6 is 38.9 Å². The van der Waals surface area contributed by atoms with Gasteiger partial charge in [-0.1, -0.05) is 11.6 Å². The molecule has 0 aromatic carbocycles. The Morgan fingerprint density at radius 2 is 2.44 bits per heavy atom. The monoisotopic (exact) mass is 324 g/mol. The molecule has 3 N–H and O–H groups in total. The van der Waals surface area contributed by atoms with E-state index in [-0.39, 0.29) is 6.10 Å². The second-order valence-electron chi connectivity index (χ2n) is 3.95. The number of hydrogen-bond acceptors (Lipinski definition) is 4. The first kappa shape index (κ1) is 12.8. The first-order valence-electron chi connectivity index (χ1n) is 5.20. The minimum atomic E-state index is -0.217. The van der Waals surface area contributed by atoms with Crippen molar-refractivity contribution in [1.82, 2.24) is 10.6 Å². The maximum Gasteiger partial charge on any atom is 0.107 e. The maximum atomic E-state index is 9.61. The molecule has 1 fully saturated rings. The van der Waals surface area contributed by atoms with E-state index in [4.69, 9.17) is 11.6 Å². The second-order valence-corrected chi connectivity index (χ2v) is 6.54. The molecule has 0 aliphatic carbocycles. The molecule has 1 aromatic heterocycles. The molecule has 16 heavy (non-hydrogen) atoms. The van der Waals surface area contributed by atoms with Crippen molar-refractivity contribution in [3.05, 3.63) is 19.8 Å². The van der Waals surface area contributed by atoms with Crippen molar-refractivity contribution in [3.8, 4) is 0 Å². The van der Waals surface area contributed by atoms with E-state index in [9.17, 15) is 5.11 Å². The lowest BCUT2D eigenvalue weighted by Crippen LogP contribution is -2.29. The van der Waals surface area contributed by atoms with Gasteiger partial charge in [-0.25, -0.2) is 0 Å². The summed E-state index contributed by atoms with van der Waals surface area (Å²) >= 11 is 10.9. The third kappa shape index (κ3) is 3.18. The molecule has 6 heteroatoms. The lowest BCUT2D eigenvalue weighted by atomic mass is 10.1. The van der Waals surface area contributed by atoms with Crippen LogP contribution in [0.15, 0.2) is 10.5 Å². The Morgan fingerprint density at radius 3 is 3.00 bits per heavy atom. The minimum Gasteiger partial charge on any atom is -0.391 e. The topological polar surface area (TPSA) is 44.3 Å². The Bertz CT molecular complexity index is 341. The number of rotatable bonds is 4. The van der Waals surface area contributed by atoms with Crippen molar-refractivity contribution in [2.24, 2.45) is 5.92 Å². The summed E-state index contributed by atoms with van der Waals surface area (Å²) in [6.45, 7) is 3.24. The van der Waals surface area contributed by atoms with Gasteiger partial charge < -0.3 is 15.7 Å². The quantitative estimate of drug-likeness (QED) is 0.791. The van der Waals surface area contributed by atoms with Gasteiger partial charge in [-0.05, 0) is 22.0 Å². The number of β-amino-alcohol motifs (C(OH)–C–C–N with tert-alkyl or cyclic N) is 1. The standard InChI is InChI=1S/C10H14BrClN2OS/c11-8-1-7(16-10(8)12)4-13-2-6-3-14-5-9(6)15/h1,6,9,13-15H,2-5H2. The third-order valence-electron chi connectivity index (χ3n) is 2.71. The van der Waals surface area contributed by atoms with Gasteiger partial charge in [-0.3, -0.25) is 0 Å². The largest absolute Gasteiger partial charge is 0.391 e. The van der Waals surface area contributed by atoms with E-state index in [2.05, 4.69) is 26.6 Å². The number of nitrogens with one attached hydrogen (secondary N) is 2. The number of aliphatic hydroxyl groups is 1. The van der Waals surface area contributed by atoms with Crippen molar-refractivity contribution in [2.45, 2.75) is 12.6 Å². The highest BCUT2D eigenvalue weighted by atomic mass is 79.9. The molecule has 0 saturated carbocycles. The van der Waals surface area contributed by atoms with E-state index in [0.29, 0.717) is 12.5 Å². The molecule has 1 aliphatic rings. The summed E-state index contributed by atoms with van der Waals surface area (Å²) in [7, 11) is 0. The predicted molar refractivity (Wildman–Crippen MR) is 71.1 cm³/mol. The minimum absolute atomic E-state index is 0.217. The average Bonchev–Trinajstić information content (AvgIpc) is 2.76. The van der Waals surface area contributed by atoms with Gasteiger partial charge in [-0.15, -0.1) is 11.3 Å². The summed E-state index contributed by atoms with van der Waals surface area (Å²) in [6, 6.07) is 2.03. The molecule has 0 bridgehead atoms. The van der Waals surface area contributed by atoms with E-state index in [0.717, 1.165) is 28.4 Å². The molecule has 2 atom stereocenters. The molecule has 0 radical (unpaired) electrons. The number of aliphatic hydroxyl groups excluding tert-OH is 1. The highest BCUT2D eigenvalue weighted by molar-refractivity contribution is 9.10. The van der Waals surface area contributed by atoms with E-state index >= 15 is 0 Å². The first-order valence-corrected chi connectivity index (χ1v) is 7.19. The molecular formula is C10H14BrClN2OS. The Labute approximate surface area is 112 Å². The Hall–Kier alpha value is 0.350. The van der Waals surface area contributed by atoms with E-state index in [1.54, 1.807) is 11.3 Å². The zero-order valence-electron chi connectivity index (χ0n) is 8.67. The molecule has 1 saturated heterocycles. The van der Waals surface area contributed by atoms with Crippen LogP contribution in [0.4, 0.5) is 0 Å². The zero-order valence-corrected chi connectivity index (χ0v) is 11.8. The SMILES string of the molecule is OC1CNCC1CNCc1cc(Br)c(Cl)s1. The maximum absolute atomic E-state index is 9.61. The predicted octanol–water partition coefficient (Wildman–Crippen LogP) is 1.83. The molecule has 90 valence electrons. The van der Waals surface area contributed by atoms with Gasteiger partial charge in [0.1, 0.15) is 4.34 Å². The van der Waals surface area contributed by atoms with Gasteiger partial charge in [0.05, 0.1) is 6.10 Å². The average molecular weight is 326 g/mol. The van der Waals surface area contributed by atoms with Gasteiger partial charge in [-0.2, -0.15) is 0 Å². The normalized spacial score (nSPS) is 25.2. The molecule has 1 aromatic rings. The molecular weight excluding hydrogens is 312 g/mol. The highest BCUT2D eigenvalue weighted by Crippen LogP contribution is 2.31. The molecule has 0 amide bonds. The number of hydrogen-bond donors (Lipinski definition) is 3. The van der Waals surface area contributed by atoms with Crippen molar-refractivity contribution in [1.29, 1.82) is 0 Å². The van der Waals surface area contributed by atoms with Gasteiger partial charge in [0.15, 0.2) is 0 Å². The summed E-state index contributed by atoms with van der Waals surface area (Å²) in [4.78, 5) is 1.21. The van der Waals surface area contributed by atoms with E-state index in [1.165, 1.54) is 4.88 Å². The van der Waals surface area contributed by atoms with E-state index < -0.39 is 0 Å². The van der Waals surface area contributed by atoms with Crippen LogP contribution in [0.2, 0.25) is 4.34 Å². The van der Waals surface area contributed by atoms with Crippen molar-refractivity contribution in [2.75, 3.05) is 19.6 Å². The van der Waals surface area contributed by atoms with Crippen LogP contribution in [-0.2, 0) is 6.54 Å². The highest BCUT2D eigenvalue weighted by Gasteiger charge is 2.24. The third-order valence-corrected chi connectivity index (χ3v) is 5.18. The van der Waals surface area contributed by atoms with Crippen LogP contribution in [0.5, 0.6) is 0 Å². The fraction of sp³-hybridized carbons (Fsp3) is 0.600. The van der Waals surface area contributed by atoms with Crippen LogP contribution in [0, 0.1) is 5.92 Å². The zero-order chi connectivity index (χ0) is 11.5. The fourth-order valence-electron chi connectivity index (χ4n) is 1.79. The molecule has 2 heterocycles. The number of halogens is 2. The van der Waals surface area contributed by atoms with Crippen molar-refractivity contribution in [3.63, 3.8) is 0 Å².